The standard InChI is InChI=1S/C19H18ClN3O2/c1-13-6-5-9-15(20)18(13)22-19-21-10-11-23(19)17(25)12-16(24)14-7-3-2-4-8-14/h2-9H,10-12H2,1H3,(H,21,22). The molecule has 1 amide bonds. The van der Waals surface area contributed by atoms with Crippen molar-refractivity contribution in [1.29, 1.82) is 0 Å². The number of amides is 1. The maximum Gasteiger partial charge on any atom is 0.237 e. The maximum absolute atomic E-state index is 12.6. The summed E-state index contributed by atoms with van der Waals surface area (Å²) in [5, 5.41) is 3.69. The maximum atomic E-state index is 12.6. The SMILES string of the molecule is Cc1cccc(Cl)c1NC1=NCCN1C(=O)CC(=O)c1ccccc1. The number of nitrogens with one attached hydrogen (secondary N) is 1. The molecule has 1 N–H and O–H groups in total. The van der Waals surface area contributed by atoms with E-state index >= 15 is 0 Å². The van der Waals surface area contributed by atoms with E-state index in [0.717, 1.165) is 11.3 Å². The van der Waals surface area contributed by atoms with Crippen LogP contribution in [0.25, 0.3) is 0 Å². The van der Waals surface area contributed by atoms with Crippen molar-refractivity contribution in [3.05, 3.63) is 64.7 Å². The molecular formula is C19H18ClN3O2. The molecule has 25 heavy (non-hydrogen) atoms. The van der Waals surface area contributed by atoms with Crippen LogP contribution in [-0.2, 0) is 4.79 Å². The van der Waals surface area contributed by atoms with Crippen LogP contribution in [0.2, 0.25) is 5.02 Å². The lowest BCUT2D eigenvalue weighted by Gasteiger charge is -2.20. The molecule has 0 spiro atoms. The number of hydrogen-bond acceptors (Lipinski definition) is 4. The van der Waals surface area contributed by atoms with E-state index in [9.17, 15) is 9.59 Å². The van der Waals surface area contributed by atoms with Crippen molar-refractivity contribution < 1.29 is 9.59 Å². The number of aryl methyl sites for hydroxylation is 1. The van der Waals surface area contributed by atoms with E-state index in [0.29, 0.717) is 29.6 Å². The van der Waals surface area contributed by atoms with Gasteiger partial charge in [0, 0.05) is 12.1 Å². The van der Waals surface area contributed by atoms with Gasteiger partial charge in [-0.2, -0.15) is 0 Å². The number of nitrogens with zero attached hydrogens (tertiary/aromatic N) is 2. The largest absolute Gasteiger partial charge is 0.324 e. The van der Waals surface area contributed by atoms with Gasteiger partial charge < -0.3 is 5.32 Å². The number of halogens is 1. The molecule has 0 fully saturated rings. The summed E-state index contributed by atoms with van der Waals surface area (Å²) in [5.74, 6) is -0.0462. The molecule has 0 unspecified atom stereocenters. The van der Waals surface area contributed by atoms with Crippen molar-refractivity contribution in [3.63, 3.8) is 0 Å². The van der Waals surface area contributed by atoms with E-state index in [2.05, 4.69) is 10.3 Å². The summed E-state index contributed by atoms with van der Waals surface area (Å²) >= 11 is 6.22. The van der Waals surface area contributed by atoms with Crippen LogP contribution in [0.3, 0.4) is 0 Å². The first-order valence-corrected chi connectivity index (χ1v) is 8.39. The number of rotatable bonds is 4. The number of carbonyl (C=O) groups excluding carboxylic acids is 2. The Hall–Kier alpha value is -2.66. The quantitative estimate of drug-likeness (QED) is 0.674. The van der Waals surface area contributed by atoms with E-state index < -0.39 is 0 Å². The van der Waals surface area contributed by atoms with Crippen LogP contribution < -0.4 is 5.32 Å². The monoisotopic (exact) mass is 355 g/mol. The Morgan fingerprint density at radius 2 is 1.92 bits per heavy atom. The highest BCUT2D eigenvalue weighted by Crippen LogP contribution is 2.26. The number of ketones is 1. The van der Waals surface area contributed by atoms with Crippen molar-refractivity contribution in [2.45, 2.75) is 13.3 Å². The van der Waals surface area contributed by atoms with E-state index in [1.807, 2.05) is 25.1 Å². The van der Waals surface area contributed by atoms with Crippen molar-refractivity contribution in [2.75, 3.05) is 18.4 Å². The molecular weight excluding hydrogens is 338 g/mol. The molecule has 5 nitrogen and oxygen atoms in total. The highest BCUT2D eigenvalue weighted by molar-refractivity contribution is 6.34. The van der Waals surface area contributed by atoms with Gasteiger partial charge in [0.05, 0.1) is 23.7 Å². The number of hydrogen-bond donors (Lipinski definition) is 1. The smallest absolute Gasteiger partial charge is 0.237 e. The summed E-state index contributed by atoms with van der Waals surface area (Å²) in [7, 11) is 0. The Labute approximate surface area is 151 Å². The second-order valence-corrected chi connectivity index (χ2v) is 6.18. The minimum atomic E-state index is -0.276. The molecule has 2 aromatic rings. The molecule has 1 aliphatic heterocycles. The summed E-state index contributed by atoms with van der Waals surface area (Å²) in [6, 6.07) is 14.4. The molecule has 0 atom stereocenters. The van der Waals surface area contributed by atoms with Gasteiger partial charge in [0.1, 0.15) is 0 Å². The van der Waals surface area contributed by atoms with Crippen LogP contribution >= 0.6 is 11.6 Å². The van der Waals surface area contributed by atoms with Crippen LogP contribution in [0.4, 0.5) is 5.69 Å². The first-order chi connectivity index (χ1) is 12.1. The molecule has 3 rings (SSSR count). The fourth-order valence-electron chi connectivity index (χ4n) is 2.66. The van der Waals surface area contributed by atoms with E-state index in [-0.39, 0.29) is 18.1 Å². The lowest BCUT2D eigenvalue weighted by Crippen LogP contribution is -2.39. The molecule has 0 bridgehead atoms. The van der Waals surface area contributed by atoms with Crippen molar-refractivity contribution >= 4 is 34.9 Å². The minimum absolute atomic E-state index is 0.188. The molecule has 0 aromatic heterocycles. The van der Waals surface area contributed by atoms with Gasteiger partial charge in [0.2, 0.25) is 11.9 Å². The van der Waals surface area contributed by atoms with Gasteiger partial charge in [-0.15, -0.1) is 0 Å². The summed E-state index contributed by atoms with van der Waals surface area (Å²) in [6.45, 7) is 2.87. The van der Waals surface area contributed by atoms with Crippen LogP contribution in [0.5, 0.6) is 0 Å². The van der Waals surface area contributed by atoms with Crippen LogP contribution in [0.15, 0.2) is 53.5 Å². The summed E-state index contributed by atoms with van der Waals surface area (Å²) in [4.78, 5) is 30.6. The first-order valence-electron chi connectivity index (χ1n) is 8.01. The zero-order chi connectivity index (χ0) is 17.8. The van der Waals surface area contributed by atoms with E-state index in [1.165, 1.54) is 4.90 Å². The molecule has 0 aliphatic carbocycles. The summed E-state index contributed by atoms with van der Waals surface area (Å²) < 4.78 is 0. The molecule has 0 radical (unpaired) electrons. The Kier molecular flexibility index (Phi) is 5.14. The van der Waals surface area contributed by atoms with E-state index in [4.69, 9.17) is 11.6 Å². The molecule has 2 aromatic carbocycles. The van der Waals surface area contributed by atoms with Gasteiger partial charge in [-0.25, -0.2) is 0 Å². The lowest BCUT2D eigenvalue weighted by atomic mass is 10.1. The fourth-order valence-corrected chi connectivity index (χ4v) is 2.93. The van der Waals surface area contributed by atoms with Gasteiger partial charge >= 0.3 is 0 Å². The average Bonchev–Trinajstić information content (AvgIpc) is 3.07. The van der Waals surface area contributed by atoms with Gasteiger partial charge in [-0.05, 0) is 18.6 Å². The number of Topliss-reactive ketones (excluding diaryl/α,β-unsaturated/α-hetero) is 1. The van der Waals surface area contributed by atoms with Gasteiger partial charge in [-0.3, -0.25) is 19.5 Å². The highest BCUT2D eigenvalue weighted by Gasteiger charge is 2.26. The lowest BCUT2D eigenvalue weighted by molar-refractivity contribution is -0.126. The minimum Gasteiger partial charge on any atom is -0.324 e. The predicted octanol–water partition coefficient (Wildman–Crippen LogP) is 3.53. The predicted molar refractivity (Wildman–Crippen MR) is 99.2 cm³/mol. The average molecular weight is 356 g/mol. The Morgan fingerprint density at radius 1 is 1.16 bits per heavy atom. The summed E-state index contributed by atoms with van der Waals surface area (Å²) in [5.41, 5.74) is 2.20. The number of benzene rings is 2. The van der Waals surface area contributed by atoms with Crippen molar-refractivity contribution in [2.24, 2.45) is 4.99 Å². The molecule has 6 heteroatoms. The highest BCUT2D eigenvalue weighted by atomic mass is 35.5. The molecule has 128 valence electrons. The zero-order valence-electron chi connectivity index (χ0n) is 13.8. The number of guanidine groups is 1. The zero-order valence-corrected chi connectivity index (χ0v) is 14.6. The first kappa shape index (κ1) is 17.2. The molecule has 0 saturated carbocycles. The number of carbonyl (C=O) groups is 2. The topological polar surface area (TPSA) is 61.8 Å². The number of anilines is 1. The third-order valence-electron chi connectivity index (χ3n) is 4.01. The number of para-hydroxylation sites is 1. The van der Waals surface area contributed by atoms with Crippen LogP contribution in [0.1, 0.15) is 22.3 Å². The van der Waals surface area contributed by atoms with Crippen molar-refractivity contribution in [3.8, 4) is 0 Å². The molecule has 1 aliphatic rings. The Balaban J connectivity index is 1.71. The second kappa shape index (κ2) is 7.49. The van der Waals surface area contributed by atoms with Crippen molar-refractivity contribution in [1.82, 2.24) is 4.90 Å². The van der Waals surface area contributed by atoms with E-state index in [1.54, 1.807) is 30.3 Å². The molecule has 0 saturated heterocycles. The van der Waals surface area contributed by atoms with Gasteiger partial charge in [0.15, 0.2) is 5.78 Å². The third kappa shape index (κ3) is 3.88. The van der Waals surface area contributed by atoms with Crippen LogP contribution in [-0.4, -0.2) is 35.6 Å². The second-order valence-electron chi connectivity index (χ2n) is 5.77. The third-order valence-corrected chi connectivity index (χ3v) is 4.32. The molecule has 1 heterocycles. The summed E-state index contributed by atoms with van der Waals surface area (Å²) in [6.07, 6.45) is -0.188. The Bertz CT molecular complexity index is 814. The Morgan fingerprint density at radius 3 is 2.64 bits per heavy atom. The van der Waals surface area contributed by atoms with Gasteiger partial charge in [-0.1, -0.05) is 54.1 Å². The normalized spacial score (nSPS) is 13.5. The fraction of sp³-hybridized carbons (Fsp3) is 0.211. The number of aliphatic imine (C=N–C) groups is 1. The van der Waals surface area contributed by atoms with Crippen LogP contribution in [0, 0.1) is 6.92 Å². The van der Waals surface area contributed by atoms with Gasteiger partial charge in [0.25, 0.3) is 0 Å².